The monoisotopic (exact) mass is 359 g/mol. The van der Waals surface area contributed by atoms with Crippen molar-refractivity contribution < 1.29 is 14.0 Å². The highest BCUT2D eigenvalue weighted by Gasteiger charge is 2.38. The molecule has 0 atom stereocenters. The van der Waals surface area contributed by atoms with Gasteiger partial charge < -0.3 is 20.0 Å². The number of amides is 2. The van der Waals surface area contributed by atoms with Crippen LogP contribution in [0.15, 0.2) is 34.3 Å². The number of carbonyl (C=O) groups is 2. The maximum absolute atomic E-state index is 12.9. The SMILES string of the molecule is O=C(Nc1sccc1C(=O)N1CCC2(CCNC2)CC1)c1ccco1. The number of likely N-dealkylation sites (tertiary alicyclic amines) is 1. The van der Waals surface area contributed by atoms with Crippen LogP contribution in [0.4, 0.5) is 5.00 Å². The summed E-state index contributed by atoms with van der Waals surface area (Å²) in [6, 6.07) is 5.05. The van der Waals surface area contributed by atoms with E-state index >= 15 is 0 Å². The standard InChI is InChI=1S/C18H21N3O3S/c22-15(14-2-1-10-24-14)20-16-13(3-11-25-16)17(23)21-8-5-18(6-9-21)4-7-19-12-18/h1-3,10-11,19H,4-9,12H2,(H,20,22). The van der Waals surface area contributed by atoms with Crippen LogP contribution in [0.3, 0.4) is 0 Å². The molecule has 2 amide bonds. The number of nitrogens with one attached hydrogen (secondary N) is 2. The Hall–Kier alpha value is -2.12. The summed E-state index contributed by atoms with van der Waals surface area (Å²) in [6.45, 7) is 3.71. The molecule has 2 aromatic rings. The number of nitrogens with zero attached hydrogens (tertiary/aromatic N) is 1. The summed E-state index contributed by atoms with van der Waals surface area (Å²) in [7, 11) is 0. The van der Waals surface area contributed by atoms with Crippen molar-refractivity contribution in [3.8, 4) is 0 Å². The van der Waals surface area contributed by atoms with Gasteiger partial charge in [-0.1, -0.05) is 0 Å². The Morgan fingerprint density at radius 2 is 2.08 bits per heavy atom. The first-order valence-electron chi connectivity index (χ1n) is 8.59. The highest BCUT2D eigenvalue weighted by atomic mass is 32.1. The Morgan fingerprint density at radius 3 is 2.76 bits per heavy atom. The first-order valence-corrected chi connectivity index (χ1v) is 9.47. The molecular weight excluding hydrogens is 338 g/mol. The topological polar surface area (TPSA) is 74.6 Å². The molecule has 0 radical (unpaired) electrons. The number of carbonyl (C=O) groups excluding carboxylic acids is 2. The van der Waals surface area contributed by atoms with Crippen molar-refractivity contribution in [2.24, 2.45) is 5.41 Å². The van der Waals surface area contributed by atoms with E-state index in [2.05, 4.69) is 10.6 Å². The van der Waals surface area contributed by atoms with Crippen molar-refractivity contribution in [1.29, 1.82) is 0 Å². The summed E-state index contributed by atoms with van der Waals surface area (Å²) in [5, 5.41) is 8.64. The molecule has 4 heterocycles. The number of hydrogen-bond acceptors (Lipinski definition) is 5. The molecule has 1 spiro atoms. The molecule has 0 aromatic carbocycles. The zero-order valence-electron chi connectivity index (χ0n) is 13.9. The van der Waals surface area contributed by atoms with Crippen molar-refractivity contribution in [3.05, 3.63) is 41.2 Å². The second-order valence-corrected chi connectivity index (χ2v) is 7.73. The summed E-state index contributed by atoms with van der Waals surface area (Å²) in [5.41, 5.74) is 0.937. The fraction of sp³-hybridized carbons (Fsp3) is 0.444. The molecule has 2 saturated heterocycles. The Labute approximate surface area is 150 Å². The van der Waals surface area contributed by atoms with Crippen molar-refractivity contribution in [1.82, 2.24) is 10.2 Å². The predicted octanol–water partition coefficient (Wildman–Crippen LogP) is 2.81. The second-order valence-electron chi connectivity index (χ2n) is 6.81. The van der Waals surface area contributed by atoms with Crippen molar-refractivity contribution in [2.45, 2.75) is 19.3 Å². The maximum Gasteiger partial charge on any atom is 0.291 e. The number of thiophene rings is 1. The molecule has 6 nitrogen and oxygen atoms in total. The minimum atomic E-state index is -0.337. The van der Waals surface area contributed by atoms with Crippen LogP contribution in [0.1, 0.15) is 40.2 Å². The first kappa shape index (κ1) is 16.4. The Morgan fingerprint density at radius 1 is 1.24 bits per heavy atom. The molecule has 2 aliphatic heterocycles. The van der Waals surface area contributed by atoms with E-state index in [9.17, 15) is 9.59 Å². The van der Waals surface area contributed by atoms with Gasteiger partial charge in [-0.15, -0.1) is 11.3 Å². The van der Waals surface area contributed by atoms with E-state index in [0.29, 0.717) is 16.0 Å². The highest BCUT2D eigenvalue weighted by molar-refractivity contribution is 7.14. The third kappa shape index (κ3) is 3.21. The fourth-order valence-corrected chi connectivity index (χ4v) is 4.50. The lowest BCUT2D eigenvalue weighted by atomic mass is 9.78. The summed E-state index contributed by atoms with van der Waals surface area (Å²) in [6.07, 6.45) is 4.75. The van der Waals surface area contributed by atoms with E-state index in [1.165, 1.54) is 24.0 Å². The summed E-state index contributed by atoms with van der Waals surface area (Å²) in [4.78, 5) is 27.0. The molecule has 2 N–H and O–H groups in total. The van der Waals surface area contributed by atoms with Crippen molar-refractivity contribution >= 4 is 28.2 Å². The van der Waals surface area contributed by atoms with Gasteiger partial charge in [-0.2, -0.15) is 0 Å². The highest BCUT2D eigenvalue weighted by Crippen LogP contribution is 2.37. The quantitative estimate of drug-likeness (QED) is 0.884. The minimum absolute atomic E-state index is 0.00296. The summed E-state index contributed by atoms with van der Waals surface area (Å²) >= 11 is 1.36. The zero-order chi connectivity index (χ0) is 17.3. The molecule has 4 rings (SSSR count). The lowest BCUT2D eigenvalue weighted by molar-refractivity contribution is 0.0609. The molecule has 7 heteroatoms. The van der Waals surface area contributed by atoms with E-state index in [0.717, 1.165) is 39.0 Å². The molecule has 2 aliphatic rings. The average molecular weight is 359 g/mol. The number of furan rings is 1. The van der Waals surface area contributed by atoms with Crippen LogP contribution in [0.5, 0.6) is 0 Å². The lowest BCUT2D eigenvalue weighted by Crippen LogP contribution is -2.44. The van der Waals surface area contributed by atoms with Crippen molar-refractivity contribution in [2.75, 3.05) is 31.5 Å². The maximum atomic E-state index is 12.9. The Balaban J connectivity index is 1.43. The molecule has 0 unspecified atom stereocenters. The molecule has 0 bridgehead atoms. The van der Waals surface area contributed by atoms with Crippen LogP contribution in [-0.4, -0.2) is 42.9 Å². The Bertz CT molecular complexity index is 752. The third-order valence-corrected chi connectivity index (χ3v) is 6.14. The van der Waals surface area contributed by atoms with Gasteiger partial charge in [0.25, 0.3) is 11.8 Å². The summed E-state index contributed by atoms with van der Waals surface area (Å²) in [5.74, 6) is -0.103. The van der Waals surface area contributed by atoms with Gasteiger partial charge in [-0.25, -0.2) is 0 Å². The van der Waals surface area contributed by atoms with Crippen LogP contribution in [-0.2, 0) is 0 Å². The van der Waals surface area contributed by atoms with E-state index in [4.69, 9.17) is 4.42 Å². The van der Waals surface area contributed by atoms with Crippen LogP contribution in [0.25, 0.3) is 0 Å². The van der Waals surface area contributed by atoms with Crippen LogP contribution in [0.2, 0.25) is 0 Å². The minimum Gasteiger partial charge on any atom is -0.459 e. The molecule has 0 saturated carbocycles. The van der Waals surface area contributed by atoms with Crippen molar-refractivity contribution in [3.63, 3.8) is 0 Å². The van der Waals surface area contributed by atoms with Crippen LogP contribution < -0.4 is 10.6 Å². The van der Waals surface area contributed by atoms with Gasteiger partial charge in [0.15, 0.2) is 5.76 Å². The van der Waals surface area contributed by atoms with E-state index in [1.54, 1.807) is 18.2 Å². The molecule has 2 fully saturated rings. The van der Waals surface area contributed by atoms with Gasteiger partial charge >= 0.3 is 0 Å². The molecule has 25 heavy (non-hydrogen) atoms. The van der Waals surface area contributed by atoms with Crippen LogP contribution >= 0.6 is 11.3 Å². The largest absolute Gasteiger partial charge is 0.459 e. The van der Waals surface area contributed by atoms with Gasteiger partial charge in [0.2, 0.25) is 0 Å². The molecule has 0 aliphatic carbocycles. The first-order chi connectivity index (χ1) is 12.2. The third-order valence-electron chi connectivity index (χ3n) is 5.31. The molecular formula is C18H21N3O3S. The second kappa shape index (κ2) is 6.65. The van der Waals surface area contributed by atoms with Gasteiger partial charge in [0, 0.05) is 19.6 Å². The van der Waals surface area contributed by atoms with Crippen LogP contribution in [0, 0.1) is 5.41 Å². The Kier molecular flexibility index (Phi) is 4.35. The normalized spacial score (nSPS) is 19.3. The number of anilines is 1. The van der Waals surface area contributed by atoms with E-state index in [-0.39, 0.29) is 17.6 Å². The predicted molar refractivity (Wildman–Crippen MR) is 96.0 cm³/mol. The van der Waals surface area contributed by atoms with Gasteiger partial charge in [0.1, 0.15) is 5.00 Å². The summed E-state index contributed by atoms with van der Waals surface area (Å²) < 4.78 is 5.11. The zero-order valence-corrected chi connectivity index (χ0v) is 14.7. The smallest absolute Gasteiger partial charge is 0.291 e. The number of hydrogen-bond donors (Lipinski definition) is 2. The fourth-order valence-electron chi connectivity index (χ4n) is 3.72. The van der Waals surface area contributed by atoms with Gasteiger partial charge in [-0.3, -0.25) is 9.59 Å². The lowest BCUT2D eigenvalue weighted by Gasteiger charge is -2.38. The van der Waals surface area contributed by atoms with E-state index < -0.39 is 0 Å². The number of rotatable bonds is 3. The average Bonchev–Trinajstić information content (AvgIpc) is 3.37. The number of piperidine rings is 1. The van der Waals surface area contributed by atoms with Gasteiger partial charge in [-0.05, 0) is 54.8 Å². The van der Waals surface area contributed by atoms with E-state index in [1.807, 2.05) is 10.3 Å². The molecule has 2 aromatic heterocycles. The van der Waals surface area contributed by atoms with Gasteiger partial charge in [0.05, 0.1) is 11.8 Å². The molecule has 132 valence electrons.